The molecule has 0 saturated heterocycles. The van der Waals surface area contributed by atoms with Crippen molar-refractivity contribution in [1.29, 1.82) is 0 Å². The van der Waals surface area contributed by atoms with Crippen molar-refractivity contribution in [3.8, 4) is 23.3 Å². The largest absolute Gasteiger partial charge is 0.497 e. The predicted molar refractivity (Wildman–Crippen MR) is 87.3 cm³/mol. The van der Waals surface area contributed by atoms with E-state index in [-0.39, 0.29) is 0 Å². The summed E-state index contributed by atoms with van der Waals surface area (Å²) in [6.07, 6.45) is 6.43. The molecule has 0 N–H and O–H groups in total. The van der Waals surface area contributed by atoms with Gasteiger partial charge in [0.25, 0.3) is 0 Å². The molecule has 0 amide bonds. The second-order valence-corrected chi connectivity index (χ2v) is 5.67. The van der Waals surface area contributed by atoms with Crippen molar-refractivity contribution in [2.24, 2.45) is 5.92 Å². The van der Waals surface area contributed by atoms with Crippen LogP contribution in [-0.4, -0.2) is 19.1 Å². The molecule has 21 heavy (non-hydrogen) atoms. The molecule has 1 aliphatic rings. The van der Waals surface area contributed by atoms with Crippen molar-refractivity contribution in [2.75, 3.05) is 13.0 Å². The van der Waals surface area contributed by atoms with Crippen molar-refractivity contribution in [2.45, 2.75) is 45.1 Å². The zero-order valence-electron chi connectivity index (χ0n) is 12.8. The van der Waals surface area contributed by atoms with Gasteiger partial charge in [0.05, 0.1) is 18.6 Å². The van der Waals surface area contributed by atoms with Crippen molar-refractivity contribution in [1.82, 2.24) is 0 Å². The smallest absolute Gasteiger partial charge is 0.135 e. The Labute approximate surface area is 132 Å². The molecule has 2 unspecified atom stereocenters. The Morgan fingerprint density at radius 3 is 2.81 bits per heavy atom. The molecule has 0 aromatic heterocycles. The number of halogens is 1. The van der Waals surface area contributed by atoms with Crippen LogP contribution >= 0.6 is 11.6 Å². The molecule has 1 saturated carbocycles. The van der Waals surface area contributed by atoms with E-state index < -0.39 is 0 Å². The first kappa shape index (κ1) is 16.0. The summed E-state index contributed by atoms with van der Waals surface area (Å²) in [5, 5.41) is 0. The van der Waals surface area contributed by atoms with Crippen LogP contribution in [-0.2, 0) is 0 Å². The fourth-order valence-electron chi connectivity index (χ4n) is 2.92. The normalized spacial score (nSPS) is 21.3. The number of benzene rings is 1. The lowest BCUT2D eigenvalue weighted by Gasteiger charge is -2.31. The Morgan fingerprint density at radius 2 is 2.10 bits per heavy atom. The fraction of sp³-hybridized carbons (Fsp3) is 0.556. The first-order valence-corrected chi connectivity index (χ1v) is 8.21. The third kappa shape index (κ3) is 4.32. The molecular formula is C18H23ClO2. The number of hydrogen-bond acceptors (Lipinski definition) is 2. The second-order valence-electron chi connectivity index (χ2n) is 5.41. The summed E-state index contributed by atoms with van der Waals surface area (Å²) in [6, 6.07) is 5.79. The number of alkyl halides is 1. The summed E-state index contributed by atoms with van der Waals surface area (Å²) in [5.41, 5.74) is 0.857. The molecule has 0 heterocycles. The Bertz CT molecular complexity index is 516. The van der Waals surface area contributed by atoms with Gasteiger partial charge in [0.1, 0.15) is 17.6 Å². The van der Waals surface area contributed by atoms with Crippen molar-refractivity contribution in [3.63, 3.8) is 0 Å². The quantitative estimate of drug-likeness (QED) is 0.596. The third-order valence-corrected chi connectivity index (χ3v) is 4.25. The van der Waals surface area contributed by atoms with Crippen LogP contribution in [0, 0.1) is 17.8 Å². The molecule has 2 nitrogen and oxygen atoms in total. The van der Waals surface area contributed by atoms with Crippen molar-refractivity contribution in [3.05, 3.63) is 23.8 Å². The summed E-state index contributed by atoms with van der Waals surface area (Å²) < 4.78 is 11.6. The van der Waals surface area contributed by atoms with Gasteiger partial charge in [-0.3, -0.25) is 0 Å². The number of hydrogen-bond donors (Lipinski definition) is 0. The van der Waals surface area contributed by atoms with E-state index in [4.69, 9.17) is 21.1 Å². The molecule has 1 fully saturated rings. The SMILES string of the molecule is CCC1CCCCC1Oc1ccc(OC)cc1C#CCCl. The van der Waals surface area contributed by atoms with E-state index in [1.54, 1.807) is 7.11 Å². The summed E-state index contributed by atoms with van der Waals surface area (Å²) >= 11 is 5.67. The van der Waals surface area contributed by atoms with Crippen LogP contribution in [0.1, 0.15) is 44.6 Å². The highest BCUT2D eigenvalue weighted by Crippen LogP contribution is 2.32. The minimum absolute atomic E-state index is 0.300. The number of rotatable bonds is 4. The van der Waals surface area contributed by atoms with Crippen LogP contribution in [0.25, 0.3) is 0 Å². The molecule has 0 aliphatic heterocycles. The summed E-state index contributed by atoms with van der Waals surface area (Å²) in [6.45, 7) is 2.24. The summed E-state index contributed by atoms with van der Waals surface area (Å²) in [7, 11) is 1.66. The molecule has 114 valence electrons. The predicted octanol–water partition coefficient (Wildman–Crippen LogP) is 4.63. The monoisotopic (exact) mass is 306 g/mol. The summed E-state index contributed by atoms with van der Waals surface area (Å²) in [4.78, 5) is 0. The van der Waals surface area contributed by atoms with Crippen LogP contribution in [0.2, 0.25) is 0 Å². The van der Waals surface area contributed by atoms with E-state index in [0.717, 1.165) is 23.5 Å². The number of ether oxygens (including phenoxy) is 2. The standard InChI is InChI=1S/C18H23ClO2/c1-3-14-7-4-5-9-17(14)21-18-11-10-16(20-2)13-15(18)8-6-12-19/h10-11,13-14,17H,3-5,7,9,12H2,1-2H3. The lowest BCUT2D eigenvalue weighted by Crippen LogP contribution is -2.30. The average molecular weight is 307 g/mol. The van der Waals surface area contributed by atoms with Crippen molar-refractivity contribution < 1.29 is 9.47 Å². The maximum absolute atomic E-state index is 6.29. The second kappa shape index (κ2) is 8.20. The Balaban J connectivity index is 2.21. The molecule has 1 aromatic rings. The van der Waals surface area contributed by atoms with Crippen LogP contribution in [0.4, 0.5) is 0 Å². The van der Waals surface area contributed by atoms with E-state index in [1.807, 2.05) is 18.2 Å². The maximum Gasteiger partial charge on any atom is 0.135 e. The fourth-order valence-corrected chi connectivity index (χ4v) is 2.99. The van der Waals surface area contributed by atoms with Crippen molar-refractivity contribution >= 4 is 11.6 Å². The maximum atomic E-state index is 6.29. The molecule has 1 aliphatic carbocycles. The zero-order chi connectivity index (χ0) is 15.1. The van der Waals surface area contributed by atoms with E-state index >= 15 is 0 Å². The highest BCUT2D eigenvalue weighted by molar-refractivity contribution is 6.19. The van der Waals surface area contributed by atoms with E-state index in [1.165, 1.54) is 25.7 Å². The van der Waals surface area contributed by atoms with E-state index in [0.29, 0.717) is 17.9 Å². The molecule has 2 atom stereocenters. The van der Waals surface area contributed by atoms with Gasteiger partial charge < -0.3 is 9.47 Å². The van der Waals surface area contributed by atoms with Gasteiger partial charge in [-0.25, -0.2) is 0 Å². The van der Waals surface area contributed by atoms with E-state index in [9.17, 15) is 0 Å². The Kier molecular flexibility index (Phi) is 6.26. The highest BCUT2D eigenvalue weighted by atomic mass is 35.5. The van der Waals surface area contributed by atoms with Gasteiger partial charge in [-0.05, 0) is 49.8 Å². The van der Waals surface area contributed by atoms with Crippen LogP contribution in [0.5, 0.6) is 11.5 Å². The zero-order valence-corrected chi connectivity index (χ0v) is 13.6. The van der Waals surface area contributed by atoms with E-state index in [2.05, 4.69) is 18.8 Å². The Morgan fingerprint density at radius 1 is 1.29 bits per heavy atom. The molecular weight excluding hydrogens is 284 g/mol. The minimum atomic E-state index is 0.300. The molecule has 0 bridgehead atoms. The molecule has 1 aromatic carbocycles. The number of methoxy groups -OCH3 is 1. The van der Waals surface area contributed by atoms with Crippen LogP contribution in [0.3, 0.4) is 0 Å². The first-order chi connectivity index (χ1) is 10.3. The topological polar surface area (TPSA) is 18.5 Å². The third-order valence-electron chi connectivity index (χ3n) is 4.12. The lowest BCUT2D eigenvalue weighted by atomic mass is 9.84. The lowest BCUT2D eigenvalue weighted by molar-refractivity contribution is 0.0900. The molecule has 3 heteroatoms. The van der Waals surface area contributed by atoms with Gasteiger partial charge in [0, 0.05) is 0 Å². The summed E-state index contributed by atoms with van der Waals surface area (Å²) in [5.74, 6) is 8.57. The van der Waals surface area contributed by atoms with Crippen LogP contribution < -0.4 is 9.47 Å². The van der Waals surface area contributed by atoms with Gasteiger partial charge in [-0.15, -0.1) is 11.6 Å². The van der Waals surface area contributed by atoms with Crippen LogP contribution in [0.15, 0.2) is 18.2 Å². The highest BCUT2D eigenvalue weighted by Gasteiger charge is 2.25. The van der Waals surface area contributed by atoms with Gasteiger partial charge in [-0.2, -0.15) is 0 Å². The first-order valence-electron chi connectivity index (χ1n) is 7.68. The average Bonchev–Trinajstić information content (AvgIpc) is 2.54. The molecule has 0 radical (unpaired) electrons. The van der Waals surface area contributed by atoms with Gasteiger partial charge >= 0.3 is 0 Å². The van der Waals surface area contributed by atoms with Gasteiger partial charge in [-0.1, -0.05) is 25.2 Å². The molecule has 0 spiro atoms. The van der Waals surface area contributed by atoms with Gasteiger partial charge in [0.2, 0.25) is 0 Å². The minimum Gasteiger partial charge on any atom is -0.497 e. The van der Waals surface area contributed by atoms with Gasteiger partial charge in [0.15, 0.2) is 0 Å². The molecule has 2 rings (SSSR count). The Hall–Kier alpha value is -1.33.